The summed E-state index contributed by atoms with van der Waals surface area (Å²) < 4.78 is 0. The lowest BCUT2D eigenvalue weighted by molar-refractivity contribution is 0.0974. The number of Topliss-reactive ketones (excluding diaryl/α,β-unsaturated/α-hetero) is 1. The van der Waals surface area contributed by atoms with Crippen molar-refractivity contribution in [2.24, 2.45) is 0 Å². The highest BCUT2D eigenvalue weighted by atomic mass is 16.3. The minimum Gasteiger partial charge on any atom is -0.508 e. The summed E-state index contributed by atoms with van der Waals surface area (Å²) in [5, 5.41) is 28.6. The fourth-order valence-electron chi connectivity index (χ4n) is 2.75. The van der Waals surface area contributed by atoms with E-state index in [9.17, 15) is 20.1 Å². The summed E-state index contributed by atoms with van der Waals surface area (Å²) in [6, 6.07) is 2.13. The van der Waals surface area contributed by atoms with Crippen molar-refractivity contribution < 1.29 is 20.1 Å². The second kappa shape index (κ2) is 13.0. The maximum absolute atomic E-state index is 12.1. The Kier molecular flexibility index (Phi) is 10.9. The number of allylic oxidation sites excluding steroid dienone is 4. The zero-order valence-corrected chi connectivity index (χ0v) is 15.8. The normalized spacial score (nSPS) is 11.6. The van der Waals surface area contributed by atoms with E-state index in [2.05, 4.69) is 31.2 Å². The van der Waals surface area contributed by atoms with Crippen LogP contribution in [0, 0.1) is 0 Å². The Labute approximate surface area is 156 Å². The number of carbonyl (C=O) groups excluding carboxylic acids is 1. The molecule has 1 aromatic carbocycles. The summed E-state index contributed by atoms with van der Waals surface area (Å²) in [6.07, 6.45) is 18.7. The fourth-order valence-corrected chi connectivity index (χ4v) is 2.75. The van der Waals surface area contributed by atoms with Crippen LogP contribution in [0.5, 0.6) is 17.2 Å². The van der Waals surface area contributed by atoms with E-state index in [4.69, 9.17) is 0 Å². The number of phenols is 3. The molecule has 0 spiro atoms. The molecule has 0 atom stereocenters. The van der Waals surface area contributed by atoms with E-state index < -0.39 is 0 Å². The van der Waals surface area contributed by atoms with E-state index in [0.29, 0.717) is 6.42 Å². The molecular formula is C22H32O4. The minimum absolute atomic E-state index is 0.109. The molecule has 0 fully saturated rings. The first kappa shape index (κ1) is 21.8. The van der Waals surface area contributed by atoms with Gasteiger partial charge in [0.1, 0.15) is 22.8 Å². The van der Waals surface area contributed by atoms with E-state index in [-0.39, 0.29) is 35.0 Å². The van der Waals surface area contributed by atoms with E-state index in [1.807, 2.05) is 0 Å². The molecule has 0 aromatic heterocycles. The lowest BCUT2D eigenvalue weighted by Crippen LogP contribution is -2.00. The van der Waals surface area contributed by atoms with Crippen LogP contribution in [0.2, 0.25) is 0 Å². The van der Waals surface area contributed by atoms with Gasteiger partial charge in [-0.3, -0.25) is 4.79 Å². The maximum atomic E-state index is 12.1. The van der Waals surface area contributed by atoms with Gasteiger partial charge in [0.2, 0.25) is 0 Å². The van der Waals surface area contributed by atoms with Crippen LogP contribution in [-0.2, 0) is 0 Å². The van der Waals surface area contributed by atoms with Crippen LogP contribution in [0.4, 0.5) is 0 Å². The third kappa shape index (κ3) is 8.75. The quantitative estimate of drug-likeness (QED) is 0.228. The van der Waals surface area contributed by atoms with Crippen molar-refractivity contribution in [2.45, 2.75) is 71.1 Å². The predicted octanol–water partition coefficient (Wildman–Crippen LogP) is 6.02. The Bertz CT molecular complexity index is 579. The number of unbranched alkanes of at least 4 members (excludes halogenated alkanes) is 6. The summed E-state index contributed by atoms with van der Waals surface area (Å²) >= 11 is 0. The second-order valence-corrected chi connectivity index (χ2v) is 6.56. The molecule has 0 aliphatic heterocycles. The third-order valence-electron chi connectivity index (χ3n) is 4.21. The smallest absolute Gasteiger partial charge is 0.170 e. The predicted molar refractivity (Wildman–Crippen MR) is 106 cm³/mol. The van der Waals surface area contributed by atoms with Crippen molar-refractivity contribution >= 4 is 5.78 Å². The third-order valence-corrected chi connectivity index (χ3v) is 4.21. The zero-order valence-electron chi connectivity index (χ0n) is 15.8. The van der Waals surface area contributed by atoms with Crippen LogP contribution in [0.3, 0.4) is 0 Å². The summed E-state index contributed by atoms with van der Waals surface area (Å²) in [6.45, 7) is 2.22. The van der Waals surface area contributed by atoms with Crippen molar-refractivity contribution in [3.63, 3.8) is 0 Å². The van der Waals surface area contributed by atoms with E-state index >= 15 is 0 Å². The summed E-state index contributed by atoms with van der Waals surface area (Å²) in [5.41, 5.74) is -0.109. The summed E-state index contributed by atoms with van der Waals surface area (Å²) in [5.74, 6) is -1.34. The molecule has 0 aliphatic carbocycles. The van der Waals surface area contributed by atoms with Crippen molar-refractivity contribution in [1.82, 2.24) is 0 Å². The molecule has 4 nitrogen and oxygen atoms in total. The van der Waals surface area contributed by atoms with Gasteiger partial charge in [-0.15, -0.1) is 0 Å². The number of benzene rings is 1. The Balaban J connectivity index is 2.15. The average Bonchev–Trinajstić information content (AvgIpc) is 2.58. The van der Waals surface area contributed by atoms with E-state index in [1.165, 1.54) is 25.7 Å². The molecule has 0 amide bonds. The minimum atomic E-state index is -0.381. The number of hydrogen-bond donors (Lipinski definition) is 3. The lowest BCUT2D eigenvalue weighted by Gasteiger charge is -2.06. The Morgan fingerprint density at radius 3 is 2.00 bits per heavy atom. The number of aromatic hydroxyl groups is 3. The number of hydrogen-bond acceptors (Lipinski definition) is 4. The van der Waals surface area contributed by atoms with Gasteiger partial charge in [-0.05, 0) is 38.5 Å². The molecule has 3 N–H and O–H groups in total. The van der Waals surface area contributed by atoms with Gasteiger partial charge in [-0.1, -0.05) is 50.5 Å². The summed E-state index contributed by atoms with van der Waals surface area (Å²) in [4.78, 5) is 12.1. The van der Waals surface area contributed by atoms with Crippen LogP contribution in [0.15, 0.2) is 36.4 Å². The van der Waals surface area contributed by atoms with Crippen LogP contribution in [-0.4, -0.2) is 21.1 Å². The van der Waals surface area contributed by atoms with Gasteiger partial charge in [-0.25, -0.2) is 0 Å². The Hall–Kier alpha value is -2.23. The number of rotatable bonds is 13. The van der Waals surface area contributed by atoms with Gasteiger partial charge in [0, 0.05) is 18.6 Å². The van der Waals surface area contributed by atoms with E-state index in [1.54, 1.807) is 0 Å². The first-order chi connectivity index (χ1) is 12.6. The molecule has 0 unspecified atom stereocenters. The van der Waals surface area contributed by atoms with Gasteiger partial charge < -0.3 is 15.3 Å². The van der Waals surface area contributed by atoms with Gasteiger partial charge in [-0.2, -0.15) is 0 Å². The average molecular weight is 360 g/mol. The van der Waals surface area contributed by atoms with Crippen LogP contribution in [0.25, 0.3) is 0 Å². The van der Waals surface area contributed by atoms with Crippen molar-refractivity contribution in [1.29, 1.82) is 0 Å². The SMILES string of the molecule is CCCCCC/C=C\C/C=C\CCCCC(=O)c1c(O)cc(O)cc1O. The van der Waals surface area contributed by atoms with Crippen molar-refractivity contribution in [3.8, 4) is 17.2 Å². The largest absolute Gasteiger partial charge is 0.508 e. The second-order valence-electron chi connectivity index (χ2n) is 6.56. The molecule has 0 heterocycles. The highest BCUT2D eigenvalue weighted by molar-refractivity contribution is 6.01. The van der Waals surface area contributed by atoms with E-state index in [0.717, 1.165) is 37.8 Å². The molecular weight excluding hydrogens is 328 g/mol. The van der Waals surface area contributed by atoms with Gasteiger partial charge >= 0.3 is 0 Å². The van der Waals surface area contributed by atoms with Crippen LogP contribution < -0.4 is 0 Å². The molecule has 0 radical (unpaired) electrons. The maximum Gasteiger partial charge on any atom is 0.170 e. The molecule has 26 heavy (non-hydrogen) atoms. The number of ketones is 1. The highest BCUT2D eigenvalue weighted by Gasteiger charge is 2.17. The van der Waals surface area contributed by atoms with Crippen molar-refractivity contribution in [2.75, 3.05) is 0 Å². The van der Waals surface area contributed by atoms with Crippen LogP contribution >= 0.6 is 0 Å². The molecule has 0 saturated carbocycles. The molecule has 1 rings (SSSR count). The standard InChI is InChI=1S/C22H32O4/c1-2-3-4-5-6-7-8-9-10-11-12-13-14-15-19(24)22-20(25)16-18(23)17-21(22)26/h7-8,10-11,16-17,23,25-26H,2-6,9,12-15H2,1H3/b8-7-,11-10-. The van der Waals surface area contributed by atoms with Gasteiger partial charge in [0.15, 0.2) is 5.78 Å². The number of carbonyl (C=O) groups is 1. The Morgan fingerprint density at radius 1 is 0.846 bits per heavy atom. The highest BCUT2D eigenvalue weighted by Crippen LogP contribution is 2.33. The molecule has 144 valence electrons. The van der Waals surface area contributed by atoms with Crippen molar-refractivity contribution in [3.05, 3.63) is 42.0 Å². The first-order valence-corrected chi connectivity index (χ1v) is 9.64. The molecule has 1 aromatic rings. The molecule has 0 bridgehead atoms. The number of phenolic OH excluding ortho intramolecular Hbond substituents is 3. The first-order valence-electron chi connectivity index (χ1n) is 9.64. The monoisotopic (exact) mass is 360 g/mol. The summed E-state index contributed by atoms with van der Waals surface area (Å²) in [7, 11) is 0. The lowest BCUT2D eigenvalue weighted by atomic mass is 10.0. The molecule has 0 aliphatic rings. The fraction of sp³-hybridized carbons (Fsp3) is 0.500. The van der Waals surface area contributed by atoms with Crippen LogP contribution in [0.1, 0.15) is 81.5 Å². The van der Waals surface area contributed by atoms with Gasteiger partial charge in [0.25, 0.3) is 0 Å². The zero-order chi connectivity index (χ0) is 19.2. The molecule has 4 heteroatoms. The van der Waals surface area contributed by atoms with Gasteiger partial charge in [0.05, 0.1) is 0 Å². The Morgan fingerprint density at radius 2 is 1.42 bits per heavy atom. The molecule has 0 saturated heterocycles. The topological polar surface area (TPSA) is 77.8 Å².